The zero-order valence-electron chi connectivity index (χ0n) is 10.5. The zero-order chi connectivity index (χ0) is 13.1. The van der Waals surface area contributed by atoms with Gasteiger partial charge in [-0.3, -0.25) is 0 Å². The van der Waals surface area contributed by atoms with Gasteiger partial charge in [0.15, 0.2) is 4.34 Å². The molecule has 3 aromatic rings. The number of benzene rings is 2. The van der Waals surface area contributed by atoms with Crippen LogP contribution < -0.4 is 0 Å². The molecule has 0 aliphatic carbocycles. The Labute approximate surface area is 121 Å². The molecule has 0 amide bonds. The molecule has 1 heterocycles. The molecule has 0 aliphatic heterocycles. The molecule has 0 N–H and O–H groups in total. The number of thiazole rings is 1. The molecular weight excluding hydrogens is 270 g/mol. The lowest BCUT2D eigenvalue weighted by atomic mass is 10.2. The van der Waals surface area contributed by atoms with Gasteiger partial charge in [0.1, 0.15) is 0 Å². The molecule has 94 valence electrons. The van der Waals surface area contributed by atoms with Gasteiger partial charge in [-0.05, 0) is 36.1 Å². The quantitative estimate of drug-likeness (QED) is 0.599. The molecule has 0 aliphatic rings. The molecule has 0 unspecified atom stereocenters. The van der Waals surface area contributed by atoms with E-state index >= 15 is 0 Å². The highest BCUT2D eigenvalue weighted by Gasteiger charge is 2.01. The highest BCUT2D eigenvalue weighted by atomic mass is 32.2. The van der Waals surface area contributed by atoms with Crippen LogP contribution in [-0.4, -0.2) is 4.98 Å². The lowest BCUT2D eigenvalue weighted by Crippen LogP contribution is -1.72. The number of para-hydroxylation sites is 1. The van der Waals surface area contributed by atoms with Crippen LogP contribution in [0.1, 0.15) is 11.1 Å². The van der Waals surface area contributed by atoms with Gasteiger partial charge in [0.2, 0.25) is 0 Å². The van der Waals surface area contributed by atoms with Crippen LogP contribution in [0.2, 0.25) is 0 Å². The second kappa shape index (κ2) is 5.59. The molecule has 3 rings (SSSR count). The van der Waals surface area contributed by atoms with Crippen LogP contribution in [0.5, 0.6) is 0 Å². The van der Waals surface area contributed by atoms with Crippen LogP contribution >= 0.6 is 23.1 Å². The van der Waals surface area contributed by atoms with Crippen molar-refractivity contribution in [3.8, 4) is 0 Å². The van der Waals surface area contributed by atoms with Crippen molar-refractivity contribution in [3.05, 3.63) is 65.1 Å². The van der Waals surface area contributed by atoms with E-state index in [1.54, 1.807) is 23.1 Å². The minimum Gasteiger partial charge on any atom is -0.229 e. The van der Waals surface area contributed by atoms with Crippen molar-refractivity contribution >= 4 is 39.4 Å². The molecule has 2 aromatic carbocycles. The highest BCUT2D eigenvalue weighted by Crippen LogP contribution is 2.30. The van der Waals surface area contributed by atoms with Gasteiger partial charge in [0.05, 0.1) is 10.2 Å². The number of rotatable bonds is 3. The Hall–Kier alpha value is -1.58. The van der Waals surface area contributed by atoms with Crippen LogP contribution in [0.3, 0.4) is 0 Å². The van der Waals surface area contributed by atoms with E-state index in [1.165, 1.54) is 15.8 Å². The van der Waals surface area contributed by atoms with Crippen molar-refractivity contribution in [2.75, 3.05) is 0 Å². The first-order valence-electron chi connectivity index (χ1n) is 6.07. The summed E-state index contributed by atoms with van der Waals surface area (Å²) < 4.78 is 2.33. The second-order valence-electron chi connectivity index (χ2n) is 4.28. The van der Waals surface area contributed by atoms with Gasteiger partial charge in [-0.25, -0.2) is 4.98 Å². The normalized spacial score (nSPS) is 11.4. The molecule has 0 saturated heterocycles. The van der Waals surface area contributed by atoms with E-state index in [1.807, 2.05) is 6.07 Å². The maximum absolute atomic E-state index is 4.59. The van der Waals surface area contributed by atoms with Crippen molar-refractivity contribution in [1.82, 2.24) is 4.98 Å². The third-order valence-corrected chi connectivity index (χ3v) is 4.72. The van der Waals surface area contributed by atoms with Crippen molar-refractivity contribution in [1.29, 1.82) is 0 Å². The van der Waals surface area contributed by atoms with E-state index in [0.29, 0.717) is 0 Å². The standard InChI is InChI=1S/C16H13NS2/c1-12-6-8-13(9-7-12)10-11-18-16-17-14-4-2-3-5-15(14)19-16/h2-11H,1H3/b11-10+. The Bertz CT molecular complexity index is 678. The van der Waals surface area contributed by atoms with Gasteiger partial charge in [0, 0.05) is 0 Å². The van der Waals surface area contributed by atoms with Crippen LogP contribution in [-0.2, 0) is 0 Å². The summed E-state index contributed by atoms with van der Waals surface area (Å²) >= 11 is 3.41. The van der Waals surface area contributed by atoms with Gasteiger partial charge in [-0.15, -0.1) is 11.3 Å². The molecule has 0 atom stereocenters. The summed E-state index contributed by atoms with van der Waals surface area (Å²) in [6.45, 7) is 2.10. The average molecular weight is 283 g/mol. The van der Waals surface area contributed by atoms with Crippen LogP contribution in [0.15, 0.2) is 58.3 Å². The molecule has 0 fully saturated rings. The maximum Gasteiger partial charge on any atom is 0.155 e. The third kappa shape index (κ3) is 3.06. The predicted octanol–water partition coefficient (Wildman–Crippen LogP) is 5.37. The first kappa shape index (κ1) is 12.5. The topological polar surface area (TPSA) is 12.9 Å². The predicted molar refractivity (Wildman–Crippen MR) is 85.7 cm³/mol. The number of aromatic nitrogens is 1. The number of thioether (sulfide) groups is 1. The number of aryl methyl sites for hydroxylation is 1. The lowest BCUT2D eigenvalue weighted by Gasteiger charge is -1.93. The number of fused-ring (bicyclic) bond motifs is 1. The smallest absolute Gasteiger partial charge is 0.155 e. The summed E-state index contributed by atoms with van der Waals surface area (Å²) in [6.07, 6.45) is 2.12. The van der Waals surface area contributed by atoms with E-state index in [9.17, 15) is 0 Å². The summed E-state index contributed by atoms with van der Waals surface area (Å²) in [5.41, 5.74) is 3.59. The minimum absolute atomic E-state index is 1.08. The molecule has 0 spiro atoms. The number of hydrogen-bond acceptors (Lipinski definition) is 3. The number of hydrogen-bond donors (Lipinski definition) is 0. The summed E-state index contributed by atoms with van der Waals surface area (Å²) in [6, 6.07) is 16.8. The molecule has 0 saturated carbocycles. The van der Waals surface area contributed by atoms with Crippen molar-refractivity contribution in [2.24, 2.45) is 0 Å². The minimum atomic E-state index is 1.08. The van der Waals surface area contributed by atoms with Gasteiger partial charge in [-0.1, -0.05) is 53.7 Å². The molecule has 3 heteroatoms. The van der Waals surface area contributed by atoms with E-state index in [4.69, 9.17) is 0 Å². The Morgan fingerprint density at radius 3 is 2.63 bits per heavy atom. The van der Waals surface area contributed by atoms with Gasteiger partial charge >= 0.3 is 0 Å². The first-order valence-corrected chi connectivity index (χ1v) is 7.76. The van der Waals surface area contributed by atoms with Crippen molar-refractivity contribution in [2.45, 2.75) is 11.3 Å². The fraction of sp³-hybridized carbons (Fsp3) is 0.0625. The Balaban J connectivity index is 1.73. The number of nitrogens with zero attached hydrogens (tertiary/aromatic N) is 1. The summed E-state index contributed by atoms with van der Waals surface area (Å²) in [5, 5.41) is 2.10. The molecule has 1 nitrogen and oxygen atoms in total. The SMILES string of the molecule is Cc1ccc(/C=C/Sc2nc3ccccc3s2)cc1. The Morgan fingerprint density at radius 2 is 1.84 bits per heavy atom. The van der Waals surface area contributed by atoms with E-state index in [-0.39, 0.29) is 0 Å². The van der Waals surface area contributed by atoms with Crippen molar-refractivity contribution < 1.29 is 0 Å². The molecule has 19 heavy (non-hydrogen) atoms. The maximum atomic E-state index is 4.59. The van der Waals surface area contributed by atoms with Crippen molar-refractivity contribution in [3.63, 3.8) is 0 Å². The summed E-state index contributed by atoms with van der Waals surface area (Å²) in [5.74, 6) is 0. The third-order valence-electron chi connectivity index (χ3n) is 2.78. The highest BCUT2D eigenvalue weighted by molar-refractivity contribution is 8.04. The summed E-state index contributed by atoms with van der Waals surface area (Å²) in [7, 11) is 0. The van der Waals surface area contributed by atoms with Crippen LogP contribution in [0, 0.1) is 6.92 Å². The van der Waals surface area contributed by atoms with Gasteiger partial charge in [-0.2, -0.15) is 0 Å². The first-order chi connectivity index (χ1) is 9.31. The lowest BCUT2D eigenvalue weighted by molar-refractivity contribution is 1.31. The molecular formula is C16H13NS2. The van der Waals surface area contributed by atoms with E-state index in [0.717, 1.165) is 9.86 Å². The monoisotopic (exact) mass is 283 g/mol. The van der Waals surface area contributed by atoms with Gasteiger partial charge in [0.25, 0.3) is 0 Å². The fourth-order valence-corrected chi connectivity index (χ4v) is 3.57. The average Bonchev–Trinajstić information content (AvgIpc) is 2.83. The molecule has 0 radical (unpaired) electrons. The fourth-order valence-electron chi connectivity index (χ4n) is 1.75. The van der Waals surface area contributed by atoms with Gasteiger partial charge < -0.3 is 0 Å². The van der Waals surface area contributed by atoms with E-state index < -0.39 is 0 Å². The molecule has 0 bridgehead atoms. The zero-order valence-corrected chi connectivity index (χ0v) is 12.2. The molecule has 1 aromatic heterocycles. The van der Waals surface area contributed by atoms with E-state index in [2.05, 4.69) is 65.9 Å². The van der Waals surface area contributed by atoms with Crippen LogP contribution in [0.4, 0.5) is 0 Å². The van der Waals surface area contributed by atoms with Crippen LogP contribution in [0.25, 0.3) is 16.3 Å². The second-order valence-corrected chi connectivity index (χ2v) is 6.46. The largest absolute Gasteiger partial charge is 0.229 e. The Kier molecular flexibility index (Phi) is 3.67. The summed E-state index contributed by atoms with van der Waals surface area (Å²) in [4.78, 5) is 4.59. The Morgan fingerprint density at radius 1 is 1.05 bits per heavy atom.